The average molecular weight is 228 g/mol. The van der Waals surface area contributed by atoms with Crippen LogP contribution in [-0.4, -0.2) is 17.5 Å². The van der Waals surface area contributed by atoms with Crippen molar-refractivity contribution >= 4 is 17.7 Å². The minimum absolute atomic E-state index is 0.162. The summed E-state index contributed by atoms with van der Waals surface area (Å²) in [6.07, 6.45) is 1.85. The molecule has 0 aliphatic rings. The normalized spacial score (nSPS) is 12.2. The highest BCUT2D eigenvalue weighted by Crippen LogP contribution is 2.09. The summed E-state index contributed by atoms with van der Waals surface area (Å²) >= 11 is 1.44. The molecule has 0 bridgehead atoms. The minimum Gasteiger partial charge on any atom is -0.460 e. The number of rotatable bonds is 4. The van der Waals surface area contributed by atoms with Crippen LogP contribution in [-0.2, 0) is 16.1 Å². The molecule has 0 spiro atoms. The molecule has 82 valence electrons. The largest absolute Gasteiger partial charge is 0.460 e. The Morgan fingerprint density at radius 3 is 2.60 bits per heavy atom. The first kappa shape index (κ1) is 12.0. The van der Waals surface area contributed by atoms with Gasteiger partial charge in [-0.1, -0.05) is 12.1 Å². The molecule has 1 aromatic carbocycles. The highest BCUT2D eigenvalue weighted by Gasteiger charge is 2.12. The molecule has 1 unspecified atom stereocenters. The Morgan fingerprint density at radius 2 is 2.07 bits per heavy atom. The molecule has 4 heteroatoms. The van der Waals surface area contributed by atoms with Crippen molar-refractivity contribution in [2.24, 2.45) is 0 Å². The lowest BCUT2D eigenvalue weighted by Crippen LogP contribution is -2.16. The minimum atomic E-state index is -0.289. The lowest BCUT2D eigenvalue weighted by atomic mass is 10.2. The fourth-order valence-corrected chi connectivity index (χ4v) is 1.21. The fourth-order valence-electron chi connectivity index (χ4n) is 0.949. The molecule has 0 saturated carbocycles. The van der Waals surface area contributed by atoms with Crippen molar-refractivity contribution < 1.29 is 13.9 Å². The summed E-state index contributed by atoms with van der Waals surface area (Å²) in [5.74, 6) is -0.533. The molecule has 0 fully saturated rings. The topological polar surface area (TPSA) is 26.3 Å². The smallest absolute Gasteiger partial charge is 0.319 e. The van der Waals surface area contributed by atoms with Crippen molar-refractivity contribution in [3.8, 4) is 0 Å². The van der Waals surface area contributed by atoms with Gasteiger partial charge < -0.3 is 4.74 Å². The highest BCUT2D eigenvalue weighted by molar-refractivity contribution is 7.99. The van der Waals surface area contributed by atoms with Crippen LogP contribution in [0.3, 0.4) is 0 Å². The van der Waals surface area contributed by atoms with E-state index in [0.29, 0.717) is 0 Å². The third-order valence-electron chi connectivity index (χ3n) is 1.98. The van der Waals surface area contributed by atoms with Gasteiger partial charge in [0.2, 0.25) is 0 Å². The predicted octanol–water partition coefficient (Wildman–Crippen LogP) is 2.62. The van der Waals surface area contributed by atoms with Crippen molar-refractivity contribution in [1.29, 1.82) is 0 Å². The van der Waals surface area contributed by atoms with Gasteiger partial charge in [0.1, 0.15) is 12.4 Å². The number of hydrogen-bond acceptors (Lipinski definition) is 3. The number of thioether (sulfide) groups is 1. The molecule has 0 amide bonds. The summed E-state index contributed by atoms with van der Waals surface area (Å²) in [7, 11) is 0. The van der Waals surface area contributed by atoms with Crippen molar-refractivity contribution in [3.05, 3.63) is 35.6 Å². The van der Waals surface area contributed by atoms with Gasteiger partial charge in [0.25, 0.3) is 0 Å². The second-order valence-corrected chi connectivity index (χ2v) is 4.29. The molecule has 15 heavy (non-hydrogen) atoms. The van der Waals surface area contributed by atoms with Crippen LogP contribution in [0.4, 0.5) is 4.39 Å². The van der Waals surface area contributed by atoms with E-state index in [1.54, 1.807) is 19.1 Å². The Kier molecular flexibility index (Phi) is 4.62. The molecule has 0 aliphatic carbocycles. The molecule has 2 nitrogen and oxygen atoms in total. The number of benzene rings is 1. The van der Waals surface area contributed by atoms with Gasteiger partial charge in [-0.25, -0.2) is 4.39 Å². The summed E-state index contributed by atoms with van der Waals surface area (Å²) in [6, 6.07) is 5.90. The van der Waals surface area contributed by atoms with E-state index in [1.165, 1.54) is 23.9 Å². The molecule has 0 saturated heterocycles. The Morgan fingerprint density at radius 1 is 1.47 bits per heavy atom. The van der Waals surface area contributed by atoms with Gasteiger partial charge in [0, 0.05) is 0 Å². The summed E-state index contributed by atoms with van der Waals surface area (Å²) < 4.78 is 17.6. The molecule has 0 N–H and O–H groups in total. The second kappa shape index (κ2) is 5.75. The van der Waals surface area contributed by atoms with Crippen LogP contribution >= 0.6 is 11.8 Å². The molecule has 1 rings (SSSR count). The van der Waals surface area contributed by atoms with Gasteiger partial charge in [-0.05, 0) is 30.9 Å². The van der Waals surface area contributed by atoms with Crippen LogP contribution in [0.5, 0.6) is 0 Å². The molecular weight excluding hydrogens is 215 g/mol. The quantitative estimate of drug-likeness (QED) is 0.741. The van der Waals surface area contributed by atoms with Gasteiger partial charge in [-0.15, -0.1) is 0 Å². The summed E-state index contributed by atoms with van der Waals surface area (Å²) in [6.45, 7) is 1.99. The van der Waals surface area contributed by atoms with Crippen LogP contribution in [0.2, 0.25) is 0 Å². The molecule has 0 aromatic heterocycles. The predicted molar refractivity (Wildman–Crippen MR) is 59.2 cm³/mol. The number of ether oxygens (including phenoxy) is 1. The van der Waals surface area contributed by atoms with E-state index in [2.05, 4.69) is 0 Å². The number of esters is 1. The zero-order chi connectivity index (χ0) is 11.3. The molecule has 1 aromatic rings. The van der Waals surface area contributed by atoms with Crippen LogP contribution in [0.25, 0.3) is 0 Å². The maximum absolute atomic E-state index is 12.6. The Balaban J connectivity index is 2.43. The number of carbonyl (C=O) groups is 1. The third kappa shape index (κ3) is 3.91. The van der Waals surface area contributed by atoms with Crippen molar-refractivity contribution in [2.75, 3.05) is 6.26 Å². The van der Waals surface area contributed by atoms with E-state index in [4.69, 9.17) is 4.74 Å². The van der Waals surface area contributed by atoms with Gasteiger partial charge in [0.05, 0.1) is 5.25 Å². The van der Waals surface area contributed by atoms with Crippen LogP contribution < -0.4 is 0 Å². The number of halogens is 1. The fraction of sp³-hybridized carbons (Fsp3) is 0.364. The van der Waals surface area contributed by atoms with E-state index in [9.17, 15) is 9.18 Å². The first-order chi connectivity index (χ1) is 7.13. The average Bonchev–Trinajstić information content (AvgIpc) is 2.26. The zero-order valence-corrected chi connectivity index (χ0v) is 9.51. The third-order valence-corrected chi connectivity index (χ3v) is 2.88. The SMILES string of the molecule is CSC(C)C(=O)OCc1ccc(F)cc1. The molecule has 1 atom stereocenters. The van der Waals surface area contributed by atoms with E-state index >= 15 is 0 Å². The summed E-state index contributed by atoms with van der Waals surface area (Å²) in [5, 5.41) is -0.162. The van der Waals surface area contributed by atoms with Crippen LogP contribution in [0, 0.1) is 5.82 Å². The van der Waals surface area contributed by atoms with Crippen LogP contribution in [0.15, 0.2) is 24.3 Å². The lowest BCUT2D eigenvalue weighted by Gasteiger charge is -2.08. The van der Waals surface area contributed by atoms with E-state index in [-0.39, 0.29) is 23.6 Å². The van der Waals surface area contributed by atoms with E-state index in [0.717, 1.165) is 5.56 Å². The second-order valence-electron chi connectivity index (χ2n) is 3.11. The lowest BCUT2D eigenvalue weighted by molar-refractivity contribution is -0.143. The van der Waals surface area contributed by atoms with E-state index < -0.39 is 0 Å². The van der Waals surface area contributed by atoms with Gasteiger partial charge in [0.15, 0.2) is 0 Å². The Labute approximate surface area is 92.8 Å². The Bertz CT molecular complexity index is 324. The first-order valence-corrected chi connectivity index (χ1v) is 5.86. The molecule has 0 radical (unpaired) electrons. The van der Waals surface area contributed by atoms with Crippen molar-refractivity contribution in [1.82, 2.24) is 0 Å². The monoisotopic (exact) mass is 228 g/mol. The van der Waals surface area contributed by atoms with Gasteiger partial charge in [-0.2, -0.15) is 11.8 Å². The van der Waals surface area contributed by atoms with Crippen molar-refractivity contribution in [2.45, 2.75) is 18.8 Å². The Hall–Kier alpha value is -1.03. The highest BCUT2D eigenvalue weighted by atomic mass is 32.2. The van der Waals surface area contributed by atoms with Gasteiger partial charge in [-0.3, -0.25) is 4.79 Å². The maximum atomic E-state index is 12.6. The van der Waals surface area contributed by atoms with Crippen LogP contribution in [0.1, 0.15) is 12.5 Å². The van der Waals surface area contributed by atoms with Gasteiger partial charge >= 0.3 is 5.97 Å². The molecule has 0 heterocycles. The molecule has 0 aliphatic heterocycles. The zero-order valence-electron chi connectivity index (χ0n) is 8.70. The summed E-state index contributed by atoms with van der Waals surface area (Å²) in [4.78, 5) is 11.3. The first-order valence-electron chi connectivity index (χ1n) is 4.57. The summed E-state index contributed by atoms with van der Waals surface area (Å²) in [5.41, 5.74) is 0.790. The standard InChI is InChI=1S/C11H13FO2S/c1-8(15-2)11(13)14-7-9-3-5-10(12)6-4-9/h3-6,8H,7H2,1-2H3. The van der Waals surface area contributed by atoms with Crippen molar-refractivity contribution in [3.63, 3.8) is 0 Å². The van der Waals surface area contributed by atoms with E-state index in [1.807, 2.05) is 6.26 Å². The number of hydrogen-bond donors (Lipinski definition) is 0. The maximum Gasteiger partial charge on any atom is 0.319 e. The number of carbonyl (C=O) groups excluding carboxylic acids is 1. The molecular formula is C11H13FO2S.